The Morgan fingerprint density at radius 3 is 2.53 bits per heavy atom. The molecule has 0 spiro atoms. The molecule has 4 nitrogen and oxygen atoms in total. The summed E-state index contributed by atoms with van der Waals surface area (Å²) < 4.78 is 39.6. The van der Waals surface area contributed by atoms with Crippen LogP contribution in [0.25, 0.3) is 0 Å². The lowest BCUT2D eigenvalue weighted by Gasteiger charge is -2.33. The Balaban J connectivity index is 2.34. The molecular weight excluding hydrogens is 259 g/mol. The van der Waals surface area contributed by atoms with E-state index in [1.165, 1.54) is 6.92 Å². The van der Waals surface area contributed by atoms with Crippen LogP contribution in [0.5, 0.6) is 0 Å². The first-order chi connectivity index (χ1) is 8.80. The number of nitrogens with two attached hydrogens (primary N) is 1. The predicted molar refractivity (Wildman–Crippen MR) is 63.8 cm³/mol. The number of hydrogen-bond donors (Lipinski definition) is 1. The minimum atomic E-state index is -2.70. The van der Waals surface area contributed by atoms with Gasteiger partial charge >= 0.3 is 0 Å². The van der Waals surface area contributed by atoms with Crippen molar-refractivity contribution in [3.63, 3.8) is 0 Å². The van der Waals surface area contributed by atoms with Gasteiger partial charge in [-0.2, -0.15) is 0 Å². The minimum absolute atomic E-state index is 0.0609. The topological polar surface area (TPSA) is 59.2 Å². The van der Waals surface area contributed by atoms with Crippen molar-refractivity contribution in [1.82, 2.24) is 4.98 Å². The van der Waals surface area contributed by atoms with E-state index in [1.807, 2.05) is 0 Å². The Morgan fingerprint density at radius 1 is 1.42 bits per heavy atom. The fourth-order valence-corrected chi connectivity index (χ4v) is 2.04. The molecule has 104 valence electrons. The second-order valence-electron chi connectivity index (χ2n) is 4.63. The number of aryl methyl sites for hydroxylation is 1. The second-order valence-corrected chi connectivity index (χ2v) is 4.63. The first kappa shape index (κ1) is 13.6. The van der Waals surface area contributed by atoms with E-state index >= 15 is 0 Å². The fraction of sp³-hybridized carbons (Fsp3) is 0.500. The number of primary amides is 1. The summed E-state index contributed by atoms with van der Waals surface area (Å²) in [5.41, 5.74) is 5.21. The molecule has 1 aliphatic heterocycles. The van der Waals surface area contributed by atoms with E-state index in [-0.39, 0.29) is 43.0 Å². The van der Waals surface area contributed by atoms with Gasteiger partial charge in [-0.15, -0.1) is 0 Å². The number of nitrogens with zero attached hydrogens (tertiary/aromatic N) is 2. The molecular formula is C12H14F3N3O. The number of aromatic nitrogens is 1. The number of pyridine rings is 1. The molecule has 1 aliphatic rings. The van der Waals surface area contributed by atoms with Crippen LogP contribution in [-0.2, 0) is 0 Å². The lowest BCUT2D eigenvalue weighted by Crippen LogP contribution is -2.40. The lowest BCUT2D eigenvalue weighted by molar-refractivity contribution is -0.0221. The maximum absolute atomic E-state index is 13.4. The monoisotopic (exact) mass is 273 g/mol. The van der Waals surface area contributed by atoms with Gasteiger partial charge in [0.2, 0.25) is 0 Å². The van der Waals surface area contributed by atoms with Crippen LogP contribution < -0.4 is 10.6 Å². The number of alkyl halides is 2. The largest absolute Gasteiger partial charge is 0.365 e. The van der Waals surface area contributed by atoms with Crippen LogP contribution in [0.4, 0.5) is 19.0 Å². The third-order valence-corrected chi connectivity index (χ3v) is 3.19. The van der Waals surface area contributed by atoms with Crippen LogP contribution >= 0.6 is 0 Å². The van der Waals surface area contributed by atoms with E-state index < -0.39 is 17.6 Å². The molecule has 1 fully saturated rings. The molecule has 0 saturated carbocycles. The van der Waals surface area contributed by atoms with Crippen molar-refractivity contribution in [2.75, 3.05) is 18.0 Å². The summed E-state index contributed by atoms with van der Waals surface area (Å²) in [6.45, 7) is 1.57. The Hall–Kier alpha value is -1.79. The molecule has 2 heterocycles. The van der Waals surface area contributed by atoms with Gasteiger partial charge in [0, 0.05) is 25.9 Å². The van der Waals surface area contributed by atoms with Gasteiger partial charge in [0.05, 0.1) is 11.3 Å². The highest BCUT2D eigenvalue weighted by molar-refractivity contribution is 5.97. The predicted octanol–water partition coefficient (Wildman–Crippen LogP) is 1.86. The summed E-state index contributed by atoms with van der Waals surface area (Å²) in [6.07, 6.45) is -0.632. The molecule has 2 rings (SSSR count). The fourth-order valence-electron chi connectivity index (χ4n) is 2.04. The van der Waals surface area contributed by atoms with Gasteiger partial charge in [-0.1, -0.05) is 0 Å². The summed E-state index contributed by atoms with van der Waals surface area (Å²) in [5, 5.41) is 0. The van der Waals surface area contributed by atoms with Gasteiger partial charge in [0.15, 0.2) is 0 Å². The van der Waals surface area contributed by atoms with Crippen molar-refractivity contribution in [2.45, 2.75) is 25.7 Å². The van der Waals surface area contributed by atoms with E-state index in [2.05, 4.69) is 4.98 Å². The summed E-state index contributed by atoms with van der Waals surface area (Å²) >= 11 is 0. The number of carbonyl (C=O) groups excluding carboxylic acids is 1. The highest BCUT2D eigenvalue weighted by Crippen LogP contribution is 2.31. The number of hydrogen-bond acceptors (Lipinski definition) is 3. The smallest absolute Gasteiger partial charge is 0.252 e. The normalized spacial score (nSPS) is 18.4. The SMILES string of the molecule is Cc1nc(N2CCC(F)(F)CC2)c(C(N)=O)cc1F. The highest BCUT2D eigenvalue weighted by Gasteiger charge is 2.35. The molecule has 1 aromatic rings. The van der Waals surface area contributed by atoms with Crippen molar-refractivity contribution < 1.29 is 18.0 Å². The molecule has 2 N–H and O–H groups in total. The van der Waals surface area contributed by atoms with Crippen molar-refractivity contribution in [3.05, 3.63) is 23.1 Å². The maximum atomic E-state index is 13.4. The Labute approximate surface area is 108 Å². The third-order valence-electron chi connectivity index (χ3n) is 3.19. The summed E-state index contributed by atoms with van der Waals surface area (Å²) in [4.78, 5) is 16.8. The molecule has 0 unspecified atom stereocenters. The Morgan fingerprint density at radius 2 is 2.00 bits per heavy atom. The number of piperidine rings is 1. The average Bonchev–Trinajstić information content (AvgIpc) is 2.32. The van der Waals surface area contributed by atoms with Crippen LogP contribution in [0.3, 0.4) is 0 Å². The zero-order valence-electron chi connectivity index (χ0n) is 10.4. The third kappa shape index (κ3) is 2.80. The molecule has 0 aromatic carbocycles. The molecule has 1 aromatic heterocycles. The average molecular weight is 273 g/mol. The van der Waals surface area contributed by atoms with Gasteiger partial charge < -0.3 is 10.6 Å². The molecule has 0 radical (unpaired) electrons. The summed E-state index contributed by atoms with van der Waals surface area (Å²) in [7, 11) is 0. The molecule has 0 bridgehead atoms. The van der Waals surface area contributed by atoms with Crippen molar-refractivity contribution in [3.8, 4) is 0 Å². The zero-order valence-corrected chi connectivity index (χ0v) is 10.4. The lowest BCUT2D eigenvalue weighted by atomic mass is 10.1. The van der Waals surface area contributed by atoms with Gasteiger partial charge in [0.25, 0.3) is 11.8 Å². The van der Waals surface area contributed by atoms with Crippen LogP contribution in [-0.4, -0.2) is 29.9 Å². The number of carbonyl (C=O) groups is 1. The highest BCUT2D eigenvalue weighted by atomic mass is 19.3. The molecule has 0 atom stereocenters. The van der Waals surface area contributed by atoms with Crippen molar-refractivity contribution in [1.29, 1.82) is 0 Å². The quantitative estimate of drug-likeness (QED) is 0.894. The van der Waals surface area contributed by atoms with Crippen LogP contribution in [0.2, 0.25) is 0 Å². The molecule has 1 saturated heterocycles. The molecule has 1 amide bonds. The van der Waals surface area contributed by atoms with E-state index in [9.17, 15) is 18.0 Å². The maximum Gasteiger partial charge on any atom is 0.252 e. The number of amides is 1. The molecule has 19 heavy (non-hydrogen) atoms. The van der Waals surface area contributed by atoms with E-state index in [4.69, 9.17) is 5.73 Å². The molecule has 0 aliphatic carbocycles. The van der Waals surface area contributed by atoms with E-state index in [0.717, 1.165) is 6.07 Å². The standard InChI is InChI=1S/C12H14F3N3O/c1-7-9(13)6-8(10(16)19)11(17-7)18-4-2-12(14,15)3-5-18/h6H,2-5H2,1H3,(H2,16,19). The van der Waals surface area contributed by atoms with Gasteiger partial charge in [-0.05, 0) is 13.0 Å². The Bertz CT molecular complexity index is 509. The summed E-state index contributed by atoms with van der Waals surface area (Å²) in [5.74, 6) is -3.97. The van der Waals surface area contributed by atoms with Crippen molar-refractivity contribution in [2.24, 2.45) is 5.73 Å². The summed E-state index contributed by atoms with van der Waals surface area (Å²) in [6, 6.07) is 1.01. The number of anilines is 1. The van der Waals surface area contributed by atoms with Gasteiger partial charge in [0.1, 0.15) is 11.6 Å². The molecule has 7 heteroatoms. The van der Waals surface area contributed by atoms with Crippen LogP contribution in [0.1, 0.15) is 28.9 Å². The zero-order chi connectivity index (χ0) is 14.2. The first-order valence-electron chi connectivity index (χ1n) is 5.90. The van der Waals surface area contributed by atoms with E-state index in [1.54, 1.807) is 4.90 Å². The second kappa shape index (κ2) is 4.71. The van der Waals surface area contributed by atoms with Crippen LogP contribution in [0.15, 0.2) is 6.07 Å². The van der Waals surface area contributed by atoms with Crippen molar-refractivity contribution >= 4 is 11.7 Å². The Kier molecular flexibility index (Phi) is 3.38. The minimum Gasteiger partial charge on any atom is -0.365 e. The number of halogens is 3. The first-order valence-corrected chi connectivity index (χ1v) is 5.90. The van der Waals surface area contributed by atoms with Gasteiger partial charge in [-0.25, -0.2) is 18.2 Å². The van der Waals surface area contributed by atoms with E-state index in [0.29, 0.717) is 0 Å². The number of rotatable bonds is 2. The van der Waals surface area contributed by atoms with Crippen LogP contribution in [0, 0.1) is 12.7 Å². The van der Waals surface area contributed by atoms with Gasteiger partial charge in [-0.3, -0.25) is 4.79 Å².